The third kappa shape index (κ3) is 2.13. The van der Waals surface area contributed by atoms with Crippen LogP contribution in [-0.4, -0.2) is 21.1 Å². The minimum atomic E-state index is -4.16. The third-order valence-corrected chi connectivity index (χ3v) is 3.96. The summed E-state index contributed by atoms with van der Waals surface area (Å²) in [5, 5.41) is 0. The predicted octanol–water partition coefficient (Wildman–Crippen LogP) is 1.14. The number of amides is 1. The molecule has 98 valence electrons. The van der Waals surface area contributed by atoms with Crippen LogP contribution in [0.5, 0.6) is 5.75 Å². The zero-order valence-electron chi connectivity index (χ0n) is 9.97. The van der Waals surface area contributed by atoms with Crippen LogP contribution in [0.4, 0.5) is 4.79 Å². The van der Waals surface area contributed by atoms with Gasteiger partial charge in [0, 0.05) is 11.0 Å². The zero-order chi connectivity index (χ0) is 13.6. The Balaban J connectivity index is 2.47. The highest BCUT2D eigenvalue weighted by atomic mass is 32.2. The summed E-state index contributed by atoms with van der Waals surface area (Å²) < 4.78 is 32.9. The highest BCUT2D eigenvalue weighted by Crippen LogP contribution is 2.39. The Labute approximate surface area is 105 Å². The van der Waals surface area contributed by atoms with Crippen LogP contribution in [0.1, 0.15) is 19.4 Å². The molecule has 1 aliphatic heterocycles. The van der Waals surface area contributed by atoms with Crippen LogP contribution in [0, 0.1) is 0 Å². The molecule has 7 heteroatoms. The fourth-order valence-electron chi connectivity index (χ4n) is 1.81. The van der Waals surface area contributed by atoms with Gasteiger partial charge in [0.1, 0.15) is 10.6 Å². The van der Waals surface area contributed by atoms with Crippen LogP contribution >= 0.6 is 0 Å². The molecule has 0 saturated carbocycles. The van der Waals surface area contributed by atoms with Crippen LogP contribution < -0.4 is 10.5 Å². The Morgan fingerprint density at radius 2 is 2.11 bits per heavy atom. The van der Waals surface area contributed by atoms with Crippen molar-refractivity contribution >= 4 is 16.2 Å². The molecule has 0 aromatic heterocycles. The molecule has 1 aromatic carbocycles. The molecule has 1 amide bonds. The van der Waals surface area contributed by atoms with Gasteiger partial charge in [-0.3, -0.25) is 0 Å². The molecule has 0 bridgehead atoms. The van der Waals surface area contributed by atoms with E-state index in [0.717, 1.165) is 5.56 Å². The van der Waals surface area contributed by atoms with Crippen LogP contribution in [0.3, 0.4) is 0 Å². The van der Waals surface area contributed by atoms with E-state index in [0.29, 0.717) is 12.4 Å². The summed E-state index contributed by atoms with van der Waals surface area (Å²) in [6, 6.07) is 4.31. The van der Waals surface area contributed by atoms with Crippen LogP contribution in [-0.2, 0) is 19.7 Å². The zero-order valence-corrected chi connectivity index (χ0v) is 10.8. The number of carbonyl (C=O) groups excluding carboxylic acids is 1. The SMILES string of the molecule is CC1(C)COc2ccc(S(=O)(=O)OC(N)=O)cc21. The summed E-state index contributed by atoms with van der Waals surface area (Å²) >= 11 is 0. The summed E-state index contributed by atoms with van der Waals surface area (Å²) in [6.07, 6.45) is -1.36. The number of carbonyl (C=O) groups is 1. The molecule has 2 N–H and O–H groups in total. The lowest BCUT2D eigenvalue weighted by Crippen LogP contribution is -2.20. The van der Waals surface area contributed by atoms with Crippen molar-refractivity contribution in [2.24, 2.45) is 5.73 Å². The average molecular weight is 271 g/mol. The molecular formula is C11H13NO5S. The molecule has 0 saturated heterocycles. The number of fused-ring (bicyclic) bond motifs is 1. The van der Waals surface area contributed by atoms with E-state index in [4.69, 9.17) is 10.5 Å². The average Bonchev–Trinajstić information content (AvgIpc) is 2.53. The van der Waals surface area contributed by atoms with Gasteiger partial charge in [-0.1, -0.05) is 13.8 Å². The Morgan fingerprint density at radius 3 is 2.72 bits per heavy atom. The summed E-state index contributed by atoms with van der Waals surface area (Å²) in [5.41, 5.74) is 5.19. The van der Waals surface area contributed by atoms with Crippen molar-refractivity contribution in [2.45, 2.75) is 24.2 Å². The third-order valence-electron chi connectivity index (χ3n) is 2.75. The summed E-state index contributed by atoms with van der Waals surface area (Å²) in [5.74, 6) is 0.637. The Bertz CT molecular complexity index is 606. The minimum absolute atomic E-state index is 0.112. The van der Waals surface area contributed by atoms with E-state index in [1.165, 1.54) is 12.1 Å². The van der Waals surface area contributed by atoms with Crippen molar-refractivity contribution in [1.29, 1.82) is 0 Å². The number of primary amides is 1. The van der Waals surface area contributed by atoms with Gasteiger partial charge in [0.2, 0.25) is 0 Å². The fourth-order valence-corrected chi connectivity index (χ4v) is 2.62. The van der Waals surface area contributed by atoms with E-state index in [-0.39, 0.29) is 10.3 Å². The van der Waals surface area contributed by atoms with Crippen molar-refractivity contribution in [3.05, 3.63) is 23.8 Å². The number of hydrogen-bond acceptors (Lipinski definition) is 5. The lowest BCUT2D eigenvalue weighted by atomic mass is 9.87. The van der Waals surface area contributed by atoms with E-state index >= 15 is 0 Å². The van der Waals surface area contributed by atoms with Gasteiger partial charge in [0.25, 0.3) is 0 Å². The van der Waals surface area contributed by atoms with Crippen LogP contribution in [0.25, 0.3) is 0 Å². The first-order chi connectivity index (χ1) is 8.22. The summed E-state index contributed by atoms with van der Waals surface area (Å²) in [6.45, 7) is 4.34. The molecule has 0 atom stereocenters. The molecule has 0 unspecified atom stereocenters. The molecule has 0 spiro atoms. The van der Waals surface area contributed by atoms with Crippen molar-refractivity contribution in [3.63, 3.8) is 0 Å². The topological polar surface area (TPSA) is 95.7 Å². The second kappa shape index (κ2) is 3.88. The minimum Gasteiger partial charge on any atom is -0.492 e. The van der Waals surface area contributed by atoms with Crippen LogP contribution in [0.15, 0.2) is 23.1 Å². The second-order valence-electron chi connectivity index (χ2n) is 4.69. The highest BCUT2D eigenvalue weighted by Gasteiger charge is 2.33. The molecule has 1 heterocycles. The first-order valence-electron chi connectivity index (χ1n) is 5.24. The molecular weight excluding hydrogens is 258 g/mol. The van der Waals surface area contributed by atoms with Crippen molar-refractivity contribution in [2.75, 3.05) is 6.61 Å². The maximum absolute atomic E-state index is 11.7. The van der Waals surface area contributed by atoms with Gasteiger partial charge in [-0.2, -0.15) is 8.42 Å². The summed E-state index contributed by atoms with van der Waals surface area (Å²) in [7, 11) is -4.16. The first kappa shape index (κ1) is 12.7. The summed E-state index contributed by atoms with van der Waals surface area (Å²) in [4.78, 5) is 10.4. The molecule has 1 aliphatic rings. The molecule has 0 aliphatic carbocycles. The Kier molecular flexibility index (Phi) is 2.73. The Morgan fingerprint density at radius 1 is 1.44 bits per heavy atom. The van der Waals surface area contributed by atoms with Gasteiger partial charge in [0.05, 0.1) is 6.61 Å². The predicted molar refractivity (Wildman–Crippen MR) is 62.8 cm³/mol. The standard InChI is InChI=1S/C11H13NO5S/c1-11(2)6-16-9-4-3-7(5-8(9)11)18(14,15)17-10(12)13/h3-5H,6H2,1-2H3,(H2,12,13). The van der Waals surface area contributed by atoms with Gasteiger partial charge < -0.3 is 14.7 Å². The molecule has 1 aromatic rings. The number of nitrogens with two attached hydrogens (primary N) is 1. The van der Waals surface area contributed by atoms with E-state index in [1.54, 1.807) is 6.07 Å². The number of benzene rings is 1. The lowest BCUT2D eigenvalue weighted by Gasteiger charge is -2.15. The maximum atomic E-state index is 11.7. The monoisotopic (exact) mass is 271 g/mol. The van der Waals surface area contributed by atoms with Gasteiger partial charge in [0.15, 0.2) is 0 Å². The van der Waals surface area contributed by atoms with E-state index in [1.807, 2.05) is 13.8 Å². The van der Waals surface area contributed by atoms with Crippen LogP contribution in [0.2, 0.25) is 0 Å². The van der Waals surface area contributed by atoms with Crippen molar-refractivity contribution in [1.82, 2.24) is 0 Å². The van der Waals surface area contributed by atoms with E-state index < -0.39 is 16.2 Å². The van der Waals surface area contributed by atoms with Gasteiger partial charge in [-0.25, -0.2) is 4.79 Å². The van der Waals surface area contributed by atoms with Gasteiger partial charge in [-0.05, 0) is 18.2 Å². The normalized spacial score (nSPS) is 16.8. The molecule has 0 fully saturated rings. The van der Waals surface area contributed by atoms with E-state index in [2.05, 4.69) is 4.18 Å². The first-order valence-corrected chi connectivity index (χ1v) is 6.64. The largest absolute Gasteiger partial charge is 0.492 e. The fraction of sp³-hybridized carbons (Fsp3) is 0.364. The van der Waals surface area contributed by atoms with Gasteiger partial charge >= 0.3 is 16.2 Å². The van der Waals surface area contributed by atoms with Gasteiger partial charge in [-0.15, -0.1) is 0 Å². The molecule has 6 nitrogen and oxygen atoms in total. The molecule has 18 heavy (non-hydrogen) atoms. The molecule has 2 rings (SSSR count). The smallest absolute Gasteiger partial charge is 0.420 e. The van der Waals surface area contributed by atoms with Crippen molar-refractivity contribution in [3.8, 4) is 5.75 Å². The number of hydrogen-bond donors (Lipinski definition) is 1. The maximum Gasteiger partial charge on any atom is 0.420 e. The molecule has 0 radical (unpaired) electrons. The Hall–Kier alpha value is -1.76. The second-order valence-corrected chi connectivity index (χ2v) is 6.23. The quantitative estimate of drug-likeness (QED) is 0.814. The number of ether oxygens (including phenoxy) is 1. The number of rotatable bonds is 2. The highest BCUT2D eigenvalue weighted by molar-refractivity contribution is 7.87. The lowest BCUT2D eigenvalue weighted by molar-refractivity contribution is 0.212. The van der Waals surface area contributed by atoms with E-state index in [9.17, 15) is 13.2 Å². The van der Waals surface area contributed by atoms with Crippen molar-refractivity contribution < 1.29 is 22.1 Å².